The van der Waals surface area contributed by atoms with Crippen LogP contribution < -0.4 is 9.62 Å². The number of aromatic nitrogens is 4. The normalized spacial score (nSPS) is 14.7. The van der Waals surface area contributed by atoms with Crippen LogP contribution >= 0.6 is 0 Å². The van der Waals surface area contributed by atoms with Crippen LogP contribution in [-0.4, -0.2) is 41.6 Å². The van der Waals surface area contributed by atoms with Gasteiger partial charge in [0.25, 0.3) is 0 Å². The van der Waals surface area contributed by atoms with Crippen LogP contribution in [-0.2, 0) is 23.0 Å². The smallest absolute Gasteiger partial charge is 0.240 e. The number of benzene rings is 1. The minimum absolute atomic E-state index is 0.256. The average molecular weight is 386 g/mol. The molecule has 3 heterocycles. The zero-order valence-corrected chi connectivity index (χ0v) is 16.4. The van der Waals surface area contributed by atoms with Crippen LogP contribution in [0.4, 0.5) is 5.82 Å². The molecule has 8 nitrogen and oxygen atoms in total. The van der Waals surface area contributed by atoms with E-state index in [1.807, 2.05) is 16.7 Å². The molecule has 2 aromatic heterocycles. The van der Waals surface area contributed by atoms with Gasteiger partial charge in [0.2, 0.25) is 15.7 Å². The van der Waals surface area contributed by atoms with Crippen LogP contribution in [0.5, 0.6) is 0 Å². The molecule has 0 amide bonds. The predicted octanol–water partition coefficient (Wildman–Crippen LogP) is 1.72. The average Bonchev–Trinajstić information content (AvgIpc) is 3.11. The van der Waals surface area contributed by atoms with E-state index in [0.29, 0.717) is 24.4 Å². The van der Waals surface area contributed by atoms with Gasteiger partial charge in [-0.15, -0.1) is 10.2 Å². The van der Waals surface area contributed by atoms with E-state index in [0.717, 1.165) is 28.4 Å². The van der Waals surface area contributed by atoms with Gasteiger partial charge in [-0.2, -0.15) is 0 Å². The Morgan fingerprint density at radius 1 is 1.22 bits per heavy atom. The topological polar surface area (TPSA) is 92.5 Å². The molecule has 9 heteroatoms. The molecule has 0 bridgehead atoms. The Kier molecular flexibility index (Phi) is 4.35. The molecule has 1 N–H and O–H groups in total. The molecule has 4 rings (SSSR count). The second-order valence-corrected chi connectivity index (χ2v) is 8.79. The van der Waals surface area contributed by atoms with Crippen molar-refractivity contribution in [2.45, 2.75) is 37.6 Å². The number of hydrogen-bond acceptors (Lipinski definition) is 6. The monoisotopic (exact) mass is 386 g/mol. The quantitative estimate of drug-likeness (QED) is 0.734. The van der Waals surface area contributed by atoms with Crippen LogP contribution in [0.2, 0.25) is 0 Å². The maximum absolute atomic E-state index is 12.3. The number of nitrogens with zero attached hydrogens (tertiary/aromatic N) is 5. The first-order valence-electron chi connectivity index (χ1n) is 8.91. The van der Waals surface area contributed by atoms with E-state index in [9.17, 15) is 8.42 Å². The lowest BCUT2D eigenvalue weighted by Crippen LogP contribution is -2.33. The van der Waals surface area contributed by atoms with Crippen molar-refractivity contribution in [2.24, 2.45) is 0 Å². The Bertz CT molecular complexity index is 1110. The molecule has 0 radical (unpaired) electrons. The second kappa shape index (κ2) is 6.58. The molecule has 0 unspecified atom stereocenters. The molecule has 27 heavy (non-hydrogen) atoms. The van der Waals surface area contributed by atoms with Gasteiger partial charge in [-0.3, -0.25) is 4.40 Å². The summed E-state index contributed by atoms with van der Waals surface area (Å²) in [4.78, 5) is 7.03. The highest BCUT2D eigenvalue weighted by Crippen LogP contribution is 2.29. The van der Waals surface area contributed by atoms with E-state index in [2.05, 4.69) is 38.7 Å². The summed E-state index contributed by atoms with van der Waals surface area (Å²) in [6, 6.07) is 5.42. The van der Waals surface area contributed by atoms with Crippen LogP contribution in [0.1, 0.15) is 36.7 Å². The minimum atomic E-state index is -3.47. The Morgan fingerprint density at radius 2 is 2.04 bits per heavy atom. The van der Waals surface area contributed by atoms with E-state index in [1.165, 1.54) is 7.05 Å². The van der Waals surface area contributed by atoms with Crippen LogP contribution in [0, 0.1) is 0 Å². The molecule has 142 valence electrons. The molecule has 0 fully saturated rings. The summed E-state index contributed by atoms with van der Waals surface area (Å²) in [5.41, 5.74) is 2.59. The standard InChI is InChI=1S/C18H22N6O2S/c1-12(2)16-21-22-18-17(20-8-10-24(16)18)23-9-7-14-13(11-23)5-4-6-15(14)27(25,26)19-3/h4-6,8,10,12,19H,7,9,11H2,1-3H3. The summed E-state index contributed by atoms with van der Waals surface area (Å²) in [6.07, 6.45) is 4.26. The van der Waals surface area contributed by atoms with Gasteiger partial charge in [0.15, 0.2) is 5.82 Å². The molecule has 0 saturated carbocycles. The molecule has 0 saturated heterocycles. The van der Waals surface area contributed by atoms with Crippen LogP contribution in [0.15, 0.2) is 35.5 Å². The fourth-order valence-electron chi connectivity index (χ4n) is 3.56. The van der Waals surface area contributed by atoms with Gasteiger partial charge in [0.05, 0.1) is 4.90 Å². The third-order valence-corrected chi connectivity index (χ3v) is 6.43. The molecule has 0 atom stereocenters. The fourth-order valence-corrected chi connectivity index (χ4v) is 4.60. The van der Waals surface area contributed by atoms with Crippen molar-refractivity contribution in [3.8, 4) is 0 Å². The van der Waals surface area contributed by atoms with Crippen molar-refractivity contribution in [1.82, 2.24) is 24.3 Å². The summed E-state index contributed by atoms with van der Waals surface area (Å²) >= 11 is 0. The Hall–Kier alpha value is -2.52. The van der Waals surface area contributed by atoms with Crippen molar-refractivity contribution in [1.29, 1.82) is 0 Å². The Morgan fingerprint density at radius 3 is 2.78 bits per heavy atom. The van der Waals surface area contributed by atoms with Gasteiger partial charge < -0.3 is 4.90 Å². The molecule has 1 aliphatic heterocycles. The number of sulfonamides is 1. The van der Waals surface area contributed by atoms with Gasteiger partial charge in [-0.1, -0.05) is 26.0 Å². The number of nitrogens with one attached hydrogen (secondary N) is 1. The first-order chi connectivity index (χ1) is 12.9. The van der Waals surface area contributed by atoms with E-state index in [1.54, 1.807) is 18.3 Å². The first-order valence-corrected chi connectivity index (χ1v) is 10.4. The lowest BCUT2D eigenvalue weighted by Gasteiger charge is -2.30. The Labute approximate surface area is 158 Å². The van der Waals surface area contributed by atoms with E-state index in [-0.39, 0.29) is 5.92 Å². The molecular formula is C18H22N6O2S. The van der Waals surface area contributed by atoms with Gasteiger partial charge in [0.1, 0.15) is 5.82 Å². The zero-order valence-electron chi connectivity index (χ0n) is 15.5. The summed E-state index contributed by atoms with van der Waals surface area (Å²) in [5, 5.41) is 8.65. The van der Waals surface area contributed by atoms with Gasteiger partial charge in [-0.05, 0) is 30.7 Å². The van der Waals surface area contributed by atoms with Crippen LogP contribution in [0.3, 0.4) is 0 Å². The third kappa shape index (κ3) is 2.96. The molecule has 1 aromatic carbocycles. The highest BCUT2D eigenvalue weighted by Gasteiger charge is 2.26. The van der Waals surface area contributed by atoms with Crippen LogP contribution in [0.25, 0.3) is 5.65 Å². The van der Waals surface area contributed by atoms with E-state index < -0.39 is 10.0 Å². The lowest BCUT2D eigenvalue weighted by atomic mass is 10.00. The largest absolute Gasteiger partial charge is 0.349 e. The molecular weight excluding hydrogens is 364 g/mol. The van der Waals surface area contributed by atoms with Gasteiger partial charge >= 0.3 is 0 Å². The number of fused-ring (bicyclic) bond motifs is 2. The first kappa shape index (κ1) is 17.9. The predicted molar refractivity (Wildman–Crippen MR) is 102 cm³/mol. The molecule has 3 aromatic rings. The van der Waals surface area contributed by atoms with Crippen molar-refractivity contribution in [2.75, 3.05) is 18.5 Å². The highest BCUT2D eigenvalue weighted by molar-refractivity contribution is 7.89. The van der Waals surface area contributed by atoms with Crippen molar-refractivity contribution in [3.63, 3.8) is 0 Å². The highest BCUT2D eigenvalue weighted by atomic mass is 32.2. The number of rotatable bonds is 4. The van der Waals surface area contributed by atoms with Crippen molar-refractivity contribution in [3.05, 3.63) is 47.5 Å². The summed E-state index contributed by atoms with van der Waals surface area (Å²) < 4.78 is 29.0. The summed E-state index contributed by atoms with van der Waals surface area (Å²) in [6.45, 7) is 5.41. The minimum Gasteiger partial charge on any atom is -0.349 e. The molecule has 0 aliphatic carbocycles. The Balaban J connectivity index is 1.74. The van der Waals surface area contributed by atoms with E-state index in [4.69, 9.17) is 0 Å². The maximum Gasteiger partial charge on any atom is 0.240 e. The fraction of sp³-hybridized carbons (Fsp3) is 0.389. The molecule has 0 spiro atoms. The summed E-state index contributed by atoms with van der Waals surface area (Å²) in [5.74, 6) is 1.92. The van der Waals surface area contributed by atoms with Gasteiger partial charge in [0, 0.05) is 31.4 Å². The SMILES string of the molecule is CNS(=O)(=O)c1cccc2c1CCN(c1nccn3c(C(C)C)nnc13)C2. The third-order valence-electron chi connectivity index (χ3n) is 4.93. The second-order valence-electron chi connectivity index (χ2n) is 6.93. The van der Waals surface area contributed by atoms with Crippen molar-refractivity contribution < 1.29 is 8.42 Å². The number of anilines is 1. The zero-order chi connectivity index (χ0) is 19.2. The maximum atomic E-state index is 12.3. The van der Waals surface area contributed by atoms with Crippen molar-refractivity contribution >= 4 is 21.5 Å². The van der Waals surface area contributed by atoms with Gasteiger partial charge in [-0.25, -0.2) is 18.1 Å². The number of hydrogen-bond donors (Lipinski definition) is 1. The lowest BCUT2D eigenvalue weighted by molar-refractivity contribution is 0.585. The summed E-state index contributed by atoms with van der Waals surface area (Å²) in [7, 11) is -2.04. The van der Waals surface area contributed by atoms with E-state index >= 15 is 0 Å². The molecule has 1 aliphatic rings.